The van der Waals surface area contributed by atoms with E-state index >= 15 is 0 Å². The van der Waals surface area contributed by atoms with E-state index in [2.05, 4.69) is 28.0 Å². The molecule has 1 aromatic heterocycles. The molecule has 0 radical (unpaired) electrons. The highest BCUT2D eigenvalue weighted by Crippen LogP contribution is 2.21. The first-order valence-electron chi connectivity index (χ1n) is 10.1. The molecule has 6 nitrogen and oxygen atoms in total. The van der Waals surface area contributed by atoms with Crippen LogP contribution >= 0.6 is 12.2 Å². The number of thiocarbonyl (C=S) groups is 1. The Hall–Kier alpha value is -3.03. The highest BCUT2D eigenvalue weighted by Gasteiger charge is 2.15. The summed E-state index contributed by atoms with van der Waals surface area (Å²) in [5.74, 6) is 0. The van der Waals surface area contributed by atoms with Gasteiger partial charge in [0.05, 0.1) is 18.9 Å². The number of hydrazone groups is 1. The van der Waals surface area contributed by atoms with Gasteiger partial charge >= 0.3 is 0 Å². The Kier molecular flexibility index (Phi) is 6.84. The van der Waals surface area contributed by atoms with Crippen LogP contribution in [-0.4, -0.2) is 40.4 Å². The maximum absolute atomic E-state index is 5.59. The second-order valence-electron chi connectivity index (χ2n) is 7.20. The summed E-state index contributed by atoms with van der Waals surface area (Å²) in [5.41, 5.74) is 6.94. The first-order chi connectivity index (χ1) is 14.8. The molecule has 3 aromatic rings. The molecule has 2 aromatic carbocycles. The van der Waals surface area contributed by atoms with Crippen LogP contribution in [0.1, 0.15) is 24.0 Å². The molecule has 0 saturated carbocycles. The molecule has 0 unspecified atom stereocenters. The van der Waals surface area contributed by atoms with E-state index < -0.39 is 0 Å². The molecule has 1 saturated heterocycles. The van der Waals surface area contributed by atoms with Crippen molar-refractivity contribution >= 4 is 23.5 Å². The van der Waals surface area contributed by atoms with Crippen LogP contribution in [0.5, 0.6) is 0 Å². The van der Waals surface area contributed by atoms with Crippen molar-refractivity contribution in [3.05, 3.63) is 78.0 Å². The minimum atomic E-state index is 0.231. The zero-order valence-corrected chi connectivity index (χ0v) is 17.5. The molecule has 0 aliphatic carbocycles. The number of nitrogens with zero attached hydrogens (tertiary/aromatic N) is 3. The predicted molar refractivity (Wildman–Crippen MR) is 124 cm³/mol. The van der Waals surface area contributed by atoms with Crippen LogP contribution in [0.2, 0.25) is 0 Å². The van der Waals surface area contributed by atoms with Crippen molar-refractivity contribution in [1.82, 2.24) is 20.5 Å². The monoisotopic (exact) mass is 419 g/mol. The lowest BCUT2D eigenvalue weighted by atomic mass is 10.1. The second-order valence-corrected chi connectivity index (χ2v) is 7.61. The SMILES string of the molecule is S=C(NC[C@@H]1CCCO1)N/N=C\c1cn(Cc2ccccc2)nc1-c1ccccc1. The number of nitrogens with one attached hydrogen (secondary N) is 2. The van der Waals surface area contributed by atoms with E-state index in [4.69, 9.17) is 22.1 Å². The molecule has 1 aliphatic heterocycles. The standard InChI is InChI=1S/C23H25N5OS/c30-23(24-15-21-12-7-13-29-21)26-25-14-20-17-28(16-18-8-3-1-4-9-18)27-22(20)19-10-5-2-6-11-19/h1-6,8-11,14,17,21H,7,12-13,15-16H2,(H2,24,26,30)/b25-14-/t21-/m0/s1. The summed E-state index contributed by atoms with van der Waals surface area (Å²) in [7, 11) is 0. The van der Waals surface area contributed by atoms with Crippen molar-refractivity contribution in [2.24, 2.45) is 5.10 Å². The summed E-state index contributed by atoms with van der Waals surface area (Å²) in [5, 5.41) is 12.8. The third-order valence-electron chi connectivity index (χ3n) is 4.91. The summed E-state index contributed by atoms with van der Waals surface area (Å²) in [6.45, 7) is 2.23. The van der Waals surface area contributed by atoms with E-state index in [1.54, 1.807) is 6.21 Å². The normalized spacial score (nSPS) is 16.1. The van der Waals surface area contributed by atoms with Gasteiger partial charge in [0.1, 0.15) is 5.69 Å². The zero-order chi connectivity index (χ0) is 20.6. The molecule has 1 fully saturated rings. The molecule has 2 N–H and O–H groups in total. The van der Waals surface area contributed by atoms with Crippen LogP contribution in [0, 0.1) is 0 Å². The van der Waals surface area contributed by atoms with Gasteiger partial charge in [-0.05, 0) is 30.6 Å². The van der Waals surface area contributed by atoms with Crippen molar-refractivity contribution in [2.45, 2.75) is 25.5 Å². The van der Waals surface area contributed by atoms with E-state index in [9.17, 15) is 0 Å². The number of ether oxygens (including phenoxy) is 1. The summed E-state index contributed by atoms with van der Waals surface area (Å²) in [4.78, 5) is 0. The third kappa shape index (κ3) is 5.52. The average Bonchev–Trinajstić information content (AvgIpc) is 3.44. The summed E-state index contributed by atoms with van der Waals surface area (Å²) in [6, 6.07) is 20.4. The Morgan fingerprint density at radius 2 is 1.93 bits per heavy atom. The van der Waals surface area contributed by atoms with E-state index in [0.29, 0.717) is 18.2 Å². The molecular weight excluding hydrogens is 394 g/mol. The molecular formula is C23H25N5OS. The fourth-order valence-corrected chi connectivity index (χ4v) is 3.55. The Bertz CT molecular complexity index is 981. The molecule has 0 spiro atoms. The molecule has 7 heteroatoms. The molecule has 0 bridgehead atoms. The quantitative estimate of drug-likeness (QED) is 0.348. The molecule has 1 atom stereocenters. The van der Waals surface area contributed by atoms with Gasteiger partial charge in [0.2, 0.25) is 0 Å². The maximum atomic E-state index is 5.59. The number of rotatable bonds is 7. The van der Waals surface area contributed by atoms with E-state index in [1.807, 2.05) is 59.4 Å². The first kappa shape index (κ1) is 20.3. The lowest BCUT2D eigenvalue weighted by molar-refractivity contribution is 0.114. The van der Waals surface area contributed by atoms with Crippen molar-refractivity contribution in [3.8, 4) is 11.3 Å². The van der Waals surface area contributed by atoms with Gasteiger partial charge in [-0.2, -0.15) is 10.2 Å². The van der Waals surface area contributed by atoms with Crippen LogP contribution in [0.4, 0.5) is 0 Å². The predicted octanol–water partition coefficient (Wildman–Crippen LogP) is 3.58. The van der Waals surface area contributed by atoms with Gasteiger partial charge in [0.25, 0.3) is 0 Å². The van der Waals surface area contributed by atoms with Gasteiger partial charge in [0.15, 0.2) is 5.11 Å². The lowest BCUT2D eigenvalue weighted by Gasteiger charge is -2.11. The van der Waals surface area contributed by atoms with E-state index in [-0.39, 0.29) is 6.10 Å². The second kappa shape index (κ2) is 10.1. The van der Waals surface area contributed by atoms with Gasteiger partial charge in [-0.1, -0.05) is 60.7 Å². The minimum Gasteiger partial charge on any atom is -0.376 e. The van der Waals surface area contributed by atoms with Crippen LogP contribution in [0.3, 0.4) is 0 Å². The Balaban J connectivity index is 1.45. The summed E-state index contributed by atoms with van der Waals surface area (Å²) < 4.78 is 7.53. The maximum Gasteiger partial charge on any atom is 0.187 e. The van der Waals surface area contributed by atoms with E-state index in [0.717, 1.165) is 36.3 Å². The van der Waals surface area contributed by atoms with Crippen molar-refractivity contribution < 1.29 is 4.74 Å². The van der Waals surface area contributed by atoms with Crippen molar-refractivity contribution in [3.63, 3.8) is 0 Å². The van der Waals surface area contributed by atoms with Gasteiger partial charge in [-0.15, -0.1) is 0 Å². The average molecular weight is 420 g/mol. The minimum absolute atomic E-state index is 0.231. The lowest BCUT2D eigenvalue weighted by Crippen LogP contribution is -2.37. The van der Waals surface area contributed by atoms with Gasteiger partial charge in [-0.25, -0.2) is 0 Å². The van der Waals surface area contributed by atoms with Gasteiger partial charge in [0, 0.05) is 30.5 Å². The van der Waals surface area contributed by atoms with Crippen LogP contribution in [0.25, 0.3) is 11.3 Å². The highest BCUT2D eigenvalue weighted by atomic mass is 32.1. The number of hydrogen-bond acceptors (Lipinski definition) is 4. The van der Waals surface area contributed by atoms with Crippen molar-refractivity contribution in [1.29, 1.82) is 0 Å². The smallest absolute Gasteiger partial charge is 0.187 e. The first-order valence-corrected chi connectivity index (χ1v) is 10.5. The Morgan fingerprint density at radius 1 is 1.17 bits per heavy atom. The van der Waals surface area contributed by atoms with Gasteiger partial charge in [-0.3, -0.25) is 10.1 Å². The van der Waals surface area contributed by atoms with Crippen LogP contribution < -0.4 is 10.7 Å². The topological polar surface area (TPSA) is 63.5 Å². The van der Waals surface area contributed by atoms with Crippen molar-refractivity contribution in [2.75, 3.05) is 13.2 Å². The highest BCUT2D eigenvalue weighted by molar-refractivity contribution is 7.80. The molecule has 0 amide bonds. The fraction of sp³-hybridized carbons (Fsp3) is 0.261. The summed E-state index contributed by atoms with van der Waals surface area (Å²) in [6.07, 6.45) is 6.18. The molecule has 154 valence electrons. The van der Waals surface area contributed by atoms with Crippen LogP contribution in [0.15, 0.2) is 72.0 Å². The molecule has 4 rings (SSSR count). The molecule has 30 heavy (non-hydrogen) atoms. The number of aromatic nitrogens is 2. The number of benzene rings is 2. The fourth-order valence-electron chi connectivity index (χ4n) is 3.41. The zero-order valence-electron chi connectivity index (χ0n) is 16.7. The Morgan fingerprint density at radius 3 is 2.67 bits per heavy atom. The number of hydrogen-bond donors (Lipinski definition) is 2. The largest absolute Gasteiger partial charge is 0.376 e. The third-order valence-corrected chi connectivity index (χ3v) is 5.14. The Labute approximate surface area is 182 Å². The molecule has 1 aliphatic rings. The van der Waals surface area contributed by atoms with Crippen LogP contribution in [-0.2, 0) is 11.3 Å². The molecule has 2 heterocycles. The van der Waals surface area contributed by atoms with E-state index in [1.165, 1.54) is 5.56 Å². The van der Waals surface area contributed by atoms with Gasteiger partial charge < -0.3 is 10.1 Å². The summed E-state index contributed by atoms with van der Waals surface area (Å²) >= 11 is 5.31.